The average Bonchev–Trinajstić information content (AvgIpc) is 2.90. The fourth-order valence-electron chi connectivity index (χ4n) is 2.85. The van der Waals surface area contributed by atoms with Crippen molar-refractivity contribution in [1.29, 1.82) is 5.26 Å². The molecule has 0 saturated carbocycles. The normalized spacial score (nSPS) is 10.4. The van der Waals surface area contributed by atoms with Crippen LogP contribution in [0.15, 0.2) is 42.5 Å². The molecule has 0 radical (unpaired) electrons. The lowest BCUT2D eigenvalue weighted by molar-refractivity contribution is -0.384. The summed E-state index contributed by atoms with van der Waals surface area (Å²) in [4.78, 5) is 10.4. The van der Waals surface area contributed by atoms with Crippen LogP contribution in [-0.4, -0.2) is 16.5 Å². The van der Waals surface area contributed by atoms with Crippen LogP contribution in [0.4, 0.5) is 11.5 Å². The van der Waals surface area contributed by atoms with E-state index in [1.807, 2.05) is 29.8 Å². The fourth-order valence-corrected chi connectivity index (χ4v) is 2.85. The van der Waals surface area contributed by atoms with Gasteiger partial charge in [-0.1, -0.05) is 12.1 Å². The van der Waals surface area contributed by atoms with Gasteiger partial charge >= 0.3 is 0 Å². The highest BCUT2D eigenvalue weighted by Gasteiger charge is 2.14. The molecular formula is C18H16N4O3. The Labute approximate surface area is 144 Å². The fraction of sp³-hybridized carbons (Fsp3) is 0.167. The Morgan fingerprint density at radius 3 is 2.80 bits per heavy atom. The first-order valence-corrected chi connectivity index (χ1v) is 7.61. The molecule has 7 heteroatoms. The third-order valence-corrected chi connectivity index (χ3v) is 4.05. The van der Waals surface area contributed by atoms with Crippen LogP contribution in [0, 0.1) is 21.4 Å². The van der Waals surface area contributed by atoms with Crippen molar-refractivity contribution in [3.63, 3.8) is 0 Å². The molecule has 2 aromatic carbocycles. The number of nitrogens with zero attached hydrogens (tertiary/aromatic N) is 3. The first kappa shape index (κ1) is 16.3. The molecule has 0 unspecified atom stereocenters. The summed E-state index contributed by atoms with van der Waals surface area (Å²) in [6.07, 6.45) is 0. The second-order valence-electron chi connectivity index (χ2n) is 5.54. The molecule has 0 atom stereocenters. The summed E-state index contributed by atoms with van der Waals surface area (Å²) in [6, 6.07) is 14.1. The van der Waals surface area contributed by atoms with Crippen molar-refractivity contribution in [2.45, 2.75) is 6.61 Å². The maximum absolute atomic E-state index is 10.8. The third-order valence-electron chi connectivity index (χ3n) is 4.05. The van der Waals surface area contributed by atoms with Gasteiger partial charge in [-0.3, -0.25) is 10.1 Å². The molecule has 3 aromatic rings. The monoisotopic (exact) mass is 336 g/mol. The van der Waals surface area contributed by atoms with Gasteiger partial charge in [0.1, 0.15) is 29.8 Å². The Morgan fingerprint density at radius 2 is 2.12 bits per heavy atom. The van der Waals surface area contributed by atoms with E-state index in [-0.39, 0.29) is 12.3 Å². The zero-order valence-electron chi connectivity index (χ0n) is 13.8. The van der Waals surface area contributed by atoms with Crippen LogP contribution in [0.25, 0.3) is 10.9 Å². The van der Waals surface area contributed by atoms with Gasteiger partial charge in [0.15, 0.2) is 0 Å². The lowest BCUT2D eigenvalue weighted by Crippen LogP contribution is -1.98. The van der Waals surface area contributed by atoms with Crippen molar-refractivity contribution in [1.82, 2.24) is 4.57 Å². The van der Waals surface area contributed by atoms with Crippen LogP contribution in [0.1, 0.15) is 11.1 Å². The molecule has 1 heterocycles. The molecule has 0 saturated heterocycles. The molecule has 0 aliphatic heterocycles. The van der Waals surface area contributed by atoms with Crippen molar-refractivity contribution in [3.8, 4) is 11.8 Å². The molecule has 126 valence electrons. The molecule has 3 rings (SSSR count). The maximum atomic E-state index is 10.8. The van der Waals surface area contributed by atoms with Crippen LogP contribution in [0.3, 0.4) is 0 Å². The lowest BCUT2D eigenvalue weighted by Gasteiger charge is -2.07. The van der Waals surface area contributed by atoms with E-state index in [4.69, 9.17) is 4.74 Å². The molecule has 0 spiro atoms. The van der Waals surface area contributed by atoms with Gasteiger partial charge in [0.2, 0.25) is 0 Å². The van der Waals surface area contributed by atoms with Crippen molar-refractivity contribution in [3.05, 3.63) is 63.7 Å². The molecule has 0 amide bonds. The number of fused-ring (bicyclic) bond motifs is 1. The van der Waals surface area contributed by atoms with E-state index in [1.165, 1.54) is 12.1 Å². The number of aromatic nitrogens is 1. The number of aryl methyl sites for hydroxylation is 1. The van der Waals surface area contributed by atoms with Crippen molar-refractivity contribution in [2.75, 3.05) is 12.4 Å². The topological polar surface area (TPSA) is 93.1 Å². The number of nitrogens with one attached hydrogen (secondary N) is 1. The first-order chi connectivity index (χ1) is 12.0. The van der Waals surface area contributed by atoms with E-state index < -0.39 is 4.92 Å². The van der Waals surface area contributed by atoms with Gasteiger partial charge in [0, 0.05) is 31.6 Å². The van der Waals surface area contributed by atoms with Gasteiger partial charge in [-0.25, -0.2) is 0 Å². The Balaban J connectivity index is 1.89. The highest BCUT2D eigenvalue weighted by molar-refractivity contribution is 5.93. The second-order valence-corrected chi connectivity index (χ2v) is 5.54. The molecule has 1 N–H and O–H groups in total. The van der Waals surface area contributed by atoms with Crippen LogP contribution in [0.2, 0.25) is 0 Å². The van der Waals surface area contributed by atoms with Gasteiger partial charge in [-0.05, 0) is 23.8 Å². The van der Waals surface area contributed by atoms with E-state index in [9.17, 15) is 15.4 Å². The van der Waals surface area contributed by atoms with Gasteiger partial charge in [-0.2, -0.15) is 5.26 Å². The summed E-state index contributed by atoms with van der Waals surface area (Å²) in [7, 11) is 3.66. The smallest absolute Gasteiger partial charge is 0.269 e. The number of benzene rings is 2. The Morgan fingerprint density at radius 1 is 1.32 bits per heavy atom. The molecule has 0 aliphatic rings. The quantitative estimate of drug-likeness (QED) is 0.568. The van der Waals surface area contributed by atoms with Crippen molar-refractivity contribution >= 4 is 22.4 Å². The Hall–Kier alpha value is -3.53. The summed E-state index contributed by atoms with van der Waals surface area (Å²) in [5, 5.41) is 24.1. The Bertz CT molecular complexity index is 1000. The molecule has 0 bridgehead atoms. The Kier molecular flexibility index (Phi) is 4.27. The van der Waals surface area contributed by atoms with E-state index in [2.05, 4.69) is 11.4 Å². The number of hydrogen-bond acceptors (Lipinski definition) is 5. The van der Waals surface area contributed by atoms with Gasteiger partial charge in [0.25, 0.3) is 5.69 Å². The SMILES string of the molecule is CNc1c(C#N)c2cc(OCc3cccc([N+](=O)[O-])c3)ccc2n1C. The number of anilines is 1. The number of ether oxygens (including phenoxy) is 1. The molecular weight excluding hydrogens is 320 g/mol. The van der Waals surface area contributed by atoms with Crippen LogP contribution in [-0.2, 0) is 13.7 Å². The minimum absolute atomic E-state index is 0.0324. The molecule has 0 aliphatic carbocycles. The van der Waals surface area contributed by atoms with Crippen LogP contribution < -0.4 is 10.1 Å². The summed E-state index contributed by atoms with van der Waals surface area (Å²) >= 11 is 0. The van der Waals surface area contributed by atoms with Gasteiger partial charge < -0.3 is 14.6 Å². The maximum Gasteiger partial charge on any atom is 0.269 e. The van der Waals surface area contributed by atoms with E-state index in [0.29, 0.717) is 16.9 Å². The van der Waals surface area contributed by atoms with Gasteiger partial charge in [-0.15, -0.1) is 0 Å². The number of non-ortho nitro benzene ring substituents is 1. The van der Waals surface area contributed by atoms with Crippen molar-refractivity contribution in [2.24, 2.45) is 7.05 Å². The first-order valence-electron chi connectivity index (χ1n) is 7.61. The average molecular weight is 336 g/mol. The molecule has 25 heavy (non-hydrogen) atoms. The second kappa shape index (κ2) is 6.53. The summed E-state index contributed by atoms with van der Waals surface area (Å²) in [5.41, 5.74) is 2.22. The van der Waals surface area contributed by atoms with E-state index >= 15 is 0 Å². The van der Waals surface area contributed by atoms with E-state index in [1.54, 1.807) is 19.2 Å². The van der Waals surface area contributed by atoms with E-state index in [0.717, 1.165) is 16.7 Å². The predicted molar refractivity (Wildman–Crippen MR) is 94.6 cm³/mol. The number of hydrogen-bond donors (Lipinski definition) is 1. The van der Waals surface area contributed by atoms with Crippen LogP contribution >= 0.6 is 0 Å². The highest BCUT2D eigenvalue weighted by atomic mass is 16.6. The number of nitro benzene ring substituents is 1. The summed E-state index contributed by atoms with van der Waals surface area (Å²) < 4.78 is 7.67. The number of rotatable bonds is 5. The zero-order valence-corrected chi connectivity index (χ0v) is 13.8. The zero-order chi connectivity index (χ0) is 18.0. The summed E-state index contributed by atoms with van der Waals surface area (Å²) in [5.74, 6) is 1.34. The summed E-state index contributed by atoms with van der Waals surface area (Å²) in [6.45, 7) is 0.209. The van der Waals surface area contributed by atoms with Gasteiger partial charge in [0.05, 0.1) is 10.4 Å². The number of nitro groups is 1. The minimum atomic E-state index is -0.433. The number of nitriles is 1. The van der Waals surface area contributed by atoms with Crippen LogP contribution in [0.5, 0.6) is 5.75 Å². The molecule has 0 fully saturated rings. The van der Waals surface area contributed by atoms with Crippen molar-refractivity contribution < 1.29 is 9.66 Å². The largest absolute Gasteiger partial charge is 0.489 e. The lowest BCUT2D eigenvalue weighted by atomic mass is 10.1. The third kappa shape index (κ3) is 2.97. The molecule has 1 aromatic heterocycles. The minimum Gasteiger partial charge on any atom is -0.489 e. The predicted octanol–water partition coefficient (Wildman–Crippen LogP) is 3.58. The highest BCUT2D eigenvalue weighted by Crippen LogP contribution is 2.31. The standard InChI is InChI=1S/C18H16N4O3/c1-20-18-16(10-19)15-9-14(6-7-17(15)21(18)2)25-11-12-4-3-5-13(8-12)22(23)24/h3-9,20H,11H2,1-2H3. The molecule has 7 nitrogen and oxygen atoms in total.